The van der Waals surface area contributed by atoms with Crippen molar-refractivity contribution in [3.63, 3.8) is 0 Å². The second-order valence-corrected chi connectivity index (χ2v) is 5.88. The number of rotatable bonds is 8. The fraction of sp³-hybridized carbons (Fsp3) is 0.200. The lowest BCUT2D eigenvalue weighted by Crippen LogP contribution is -2.39. The van der Waals surface area contributed by atoms with Crippen LogP contribution in [-0.4, -0.2) is 37.7 Å². The van der Waals surface area contributed by atoms with Gasteiger partial charge in [0.05, 0.1) is 25.3 Å². The summed E-state index contributed by atoms with van der Waals surface area (Å²) in [5.74, 6) is -2.60. The van der Waals surface area contributed by atoms with Gasteiger partial charge in [-0.05, 0) is 36.2 Å². The van der Waals surface area contributed by atoms with Crippen LogP contribution in [0.2, 0.25) is 0 Å². The van der Waals surface area contributed by atoms with Crippen molar-refractivity contribution >= 4 is 24.0 Å². The van der Waals surface area contributed by atoms with Crippen LogP contribution in [-0.2, 0) is 14.4 Å². The van der Waals surface area contributed by atoms with E-state index in [9.17, 15) is 19.5 Å². The molecule has 9 nitrogen and oxygen atoms in total. The summed E-state index contributed by atoms with van der Waals surface area (Å²) in [4.78, 5) is 34.3. The molecule has 0 fully saturated rings. The third-order valence-electron chi connectivity index (χ3n) is 3.77. The predicted molar refractivity (Wildman–Crippen MR) is 102 cm³/mol. The third-order valence-corrected chi connectivity index (χ3v) is 3.77. The minimum atomic E-state index is -1.36. The number of hydrogen-bond acceptors (Lipinski definition) is 7. The van der Waals surface area contributed by atoms with Crippen LogP contribution in [0.5, 0.6) is 11.5 Å². The first-order valence-electron chi connectivity index (χ1n) is 8.60. The number of carbonyl (C=O) groups is 3. The summed E-state index contributed by atoms with van der Waals surface area (Å²) in [6.45, 7) is 1.15. The lowest BCUT2D eigenvalue weighted by Gasteiger charge is -2.13. The Morgan fingerprint density at radius 2 is 1.83 bits per heavy atom. The van der Waals surface area contributed by atoms with E-state index in [0.717, 1.165) is 5.56 Å². The minimum Gasteiger partial charge on any atom is -0.546 e. The van der Waals surface area contributed by atoms with Crippen LogP contribution in [0.3, 0.4) is 0 Å². The SMILES string of the molecule is COc1cc(/C=N\NC(=O)C(=O)N[C@H](C)c2ccccc2)ccc1OCC(=O)[O-]. The molecular formula is C20H20N3O6-. The standard InChI is InChI=1S/C20H21N3O6/c1-13(15-6-4-3-5-7-15)22-19(26)20(27)23-21-11-14-8-9-16(17(10-14)28-2)29-12-18(24)25/h3-11,13H,12H2,1-2H3,(H,22,26)(H,23,27)(H,24,25)/p-1/b21-11-/t13-/m1/s1. The summed E-state index contributed by atoms with van der Waals surface area (Å²) in [5.41, 5.74) is 3.54. The van der Waals surface area contributed by atoms with Crippen LogP contribution in [0.4, 0.5) is 0 Å². The molecule has 2 N–H and O–H groups in total. The van der Waals surface area contributed by atoms with Crippen LogP contribution in [0.25, 0.3) is 0 Å². The summed E-state index contributed by atoms with van der Waals surface area (Å²) in [6, 6.07) is 13.5. The molecule has 0 unspecified atom stereocenters. The molecule has 0 aliphatic heterocycles. The maximum atomic E-state index is 12.0. The topological polar surface area (TPSA) is 129 Å². The number of methoxy groups -OCH3 is 1. The Morgan fingerprint density at radius 1 is 1.10 bits per heavy atom. The van der Waals surface area contributed by atoms with E-state index < -0.39 is 24.4 Å². The smallest absolute Gasteiger partial charge is 0.329 e. The molecule has 152 valence electrons. The number of hydrazone groups is 1. The van der Waals surface area contributed by atoms with Gasteiger partial charge in [-0.2, -0.15) is 5.10 Å². The van der Waals surface area contributed by atoms with E-state index >= 15 is 0 Å². The molecule has 2 aromatic rings. The molecule has 2 aromatic carbocycles. The van der Waals surface area contributed by atoms with E-state index in [1.165, 1.54) is 25.5 Å². The molecule has 2 amide bonds. The summed E-state index contributed by atoms with van der Waals surface area (Å²) >= 11 is 0. The highest BCUT2D eigenvalue weighted by atomic mass is 16.5. The molecule has 0 aromatic heterocycles. The second kappa shape index (κ2) is 10.5. The Kier molecular flexibility index (Phi) is 7.72. The molecule has 0 bridgehead atoms. The first-order valence-corrected chi connectivity index (χ1v) is 8.60. The van der Waals surface area contributed by atoms with Gasteiger partial charge >= 0.3 is 11.8 Å². The monoisotopic (exact) mass is 398 g/mol. The molecule has 0 radical (unpaired) electrons. The molecule has 29 heavy (non-hydrogen) atoms. The van der Waals surface area contributed by atoms with Gasteiger partial charge in [0.15, 0.2) is 11.5 Å². The summed E-state index contributed by atoms with van der Waals surface area (Å²) in [5, 5.41) is 16.8. The average Bonchev–Trinajstić information content (AvgIpc) is 2.72. The van der Waals surface area contributed by atoms with Crippen molar-refractivity contribution in [1.82, 2.24) is 10.7 Å². The van der Waals surface area contributed by atoms with E-state index in [1.807, 2.05) is 30.3 Å². The van der Waals surface area contributed by atoms with Gasteiger partial charge in [0.1, 0.15) is 6.61 Å². The zero-order chi connectivity index (χ0) is 21.2. The third kappa shape index (κ3) is 6.65. The number of carbonyl (C=O) groups excluding carboxylic acids is 3. The average molecular weight is 398 g/mol. The highest BCUT2D eigenvalue weighted by molar-refractivity contribution is 6.35. The summed E-state index contributed by atoms with van der Waals surface area (Å²) in [6.07, 6.45) is 1.30. The zero-order valence-corrected chi connectivity index (χ0v) is 15.9. The van der Waals surface area contributed by atoms with E-state index in [4.69, 9.17) is 9.47 Å². The minimum absolute atomic E-state index is 0.215. The van der Waals surface area contributed by atoms with Crippen molar-refractivity contribution in [3.05, 3.63) is 59.7 Å². The first-order chi connectivity index (χ1) is 13.9. The second-order valence-electron chi connectivity index (χ2n) is 5.88. The first kappa shape index (κ1) is 21.4. The van der Waals surface area contributed by atoms with Crippen LogP contribution in [0.1, 0.15) is 24.1 Å². The van der Waals surface area contributed by atoms with Gasteiger partial charge in [0.25, 0.3) is 0 Å². The number of nitrogens with one attached hydrogen (secondary N) is 2. The molecule has 0 saturated heterocycles. The van der Waals surface area contributed by atoms with Gasteiger partial charge in [-0.15, -0.1) is 0 Å². The molecule has 0 spiro atoms. The lowest BCUT2D eigenvalue weighted by molar-refractivity contribution is -0.307. The van der Waals surface area contributed by atoms with Gasteiger partial charge in [0, 0.05) is 0 Å². The van der Waals surface area contributed by atoms with Gasteiger partial charge < -0.3 is 24.7 Å². The van der Waals surface area contributed by atoms with Gasteiger partial charge in [-0.25, -0.2) is 5.43 Å². The number of hydrogen-bond donors (Lipinski definition) is 2. The maximum Gasteiger partial charge on any atom is 0.329 e. The van der Waals surface area contributed by atoms with Crippen molar-refractivity contribution in [2.75, 3.05) is 13.7 Å². The fourth-order valence-electron chi connectivity index (χ4n) is 2.32. The Hall–Kier alpha value is -3.88. The number of nitrogens with zero attached hydrogens (tertiary/aromatic N) is 1. The Morgan fingerprint density at radius 3 is 2.48 bits per heavy atom. The van der Waals surface area contributed by atoms with E-state index in [0.29, 0.717) is 5.56 Å². The molecule has 0 heterocycles. The molecule has 0 aliphatic rings. The predicted octanol–water partition coefficient (Wildman–Crippen LogP) is 0.151. The number of carboxylic acids is 1. The largest absolute Gasteiger partial charge is 0.546 e. The normalized spacial score (nSPS) is 11.5. The van der Waals surface area contributed by atoms with Crippen LogP contribution < -0.4 is 25.3 Å². The Labute approximate surface area is 167 Å². The molecule has 2 rings (SSSR count). The van der Waals surface area contributed by atoms with Crippen molar-refractivity contribution in [1.29, 1.82) is 0 Å². The Bertz CT molecular complexity index is 898. The highest BCUT2D eigenvalue weighted by Gasteiger charge is 2.16. The molecule has 0 aliphatic carbocycles. The van der Waals surface area contributed by atoms with Crippen molar-refractivity contribution in [2.45, 2.75) is 13.0 Å². The number of amides is 2. The van der Waals surface area contributed by atoms with Gasteiger partial charge in [-0.1, -0.05) is 30.3 Å². The summed E-state index contributed by atoms with van der Waals surface area (Å²) in [7, 11) is 1.39. The number of benzene rings is 2. The van der Waals surface area contributed by atoms with Crippen molar-refractivity contribution in [3.8, 4) is 11.5 Å². The number of aliphatic carboxylic acids is 1. The quantitative estimate of drug-likeness (QED) is 0.370. The zero-order valence-electron chi connectivity index (χ0n) is 15.9. The van der Waals surface area contributed by atoms with Gasteiger partial charge in [0.2, 0.25) is 0 Å². The van der Waals surface area contributed by atoms with E-state index in [2.05, 4.69) is 15.8 Å². The van der Waals surface area contributed by atoms with E-state index in [-0.39, 0.29) is 17.5 Å². The Balaban J connectivity index is 1.91. The lowest BCUT2D eigenvalue weighted by atomic mass is 10.1. The molecular weight excluding hydrogens is 378 g/mol. The van der Waals surface area contributed by atoms with Crippen LogP contribution >= 0.6 is 0 Å². The molecule has 1 atom stereocenters. The van der Waals surface area contributed by atoms with Crippen LogP contribution in [0, 0.1) is 0 Å². The van der Waals surface area contributed by atoms with Crippen molar-refractivity contribution in [2.24, 2.45) is 5.10 Å². The maximum absolute atomic E-state index is 12.0. The summed E-state index contributed by atoms with van der Waals surface area (Å²) < 4.78 is 10.2. The van der Waals surface area contributed by atoms with Gasteiger partial charge in [-0.3, -0.25) is 9.59 Å². The number of carboxylic acid groups (broad SMARTS) is 1. The van der Waals surface area contributed by atoms with Crippen molar-refractivity contribution < 1.29 is 29.0 Å². The number of ether oxygens (including phenoxy) is 2. The molecule has 9 heteroatoms. The van der Waals surface area contributed by atoms with E-state index in [1.54, 1.807) is 13.0 Å². The molecule has 0 saturated carbocycles. The highest BCUT2D eigenvalue weighted by Crippen LogP contribution is 2.27. The fourth-order valence-corrected chi connectivity index (χ4v) is 2.32. The van der Waals surface area contributed by atoms with Crippen LogP contribution in [0.15, 0.2) is 53.6 Å².